The molecule has 4 rings (SSSR count). The first-order chi connectivity index (χ1) is 26.3. The first-order valence-corrected chi connectivity index (χ1v) is 19.0. The minimum absolute atomic E-state index is 0. The van der Waals surface area contributed by atoms with Gasteiger partial charge in [0.2, 0.25) is 0 Å². The molecule has 0 amide bonds. The molecule has 3 aliphatic heterocycles. The van der Waals surface area contributed by atoms with Crippen LogP contribution in [0.15, 0.2) is 35.6 Å². The molecule has 3 aliphatic rings. The van der Waals surface area contributed by atoms with E-state index >= 15 is 0 Å². The van der Waals surface area contributed by atoms with Gasteiger partial charge in [-0.05, 0) is 60.0 Å². The maximum Gasteiger partial charge on any atom is 0.186 e. The number of oxime groups is 1. The van der Waals surface area contributed by atoms with E-state index in [9.17, 15) is 14.7 Å². The predicted molar refractivity (Wildman–Crippen MR) is 209 cm³/mol. The number of hydrogen-bond acceptors (Lipinski definition) is 13. The standard InChI is InChI=1S/C41H63N3O10.CH3.7Y/c1-14-33-41(10,47)37-27(6)26(5)24(3)18-40(9,50-21-31(20-49-37)43-51-22-30-16-15-23(2)19-42-30)36(28(7)34(45)29(8)38(46)53-33)54-39-35(48-13)32(44(11)12)17-25(4)52-39;;;;;;;;/h15-16,19,24-25,27-28,32-33,35-37,39,47H,2,5,14,17-18,20-22H2,1,3-4,6-13H3;1H3;;;;;;;/q-2;-1;;;;;;;/t24-,25-,27+,28+,32+,33-,35-,36-,37-,39+,40-,41-;;;;;;;;/m1......../s1/i;1T;;;;;;;. The Hall–Kier alpha value is 4.69. The fraction of sp³-hybridized carbons (Fsp3) is 0.690. The number of Topliss-reactive ketones (excluding diaryl/α,β-unsaturated/α-hetero) is 1. The summed E-state index contributed by atoms with van der Waals surface area (Å²) in [6.45, 7) is 22.7. The van der Waals surface area contributed by atoms with Crippen LogP contribution in [-0.4, -0.2) is 121 Å². The number of aromatic nitrogens is 1. The number of rotatable bonds is 8. The van der Waals surface area contributed by atoms with Crippen molar-refractivity contribution in [3.05, 3.63) is 62.0 Å². The van der Waals surface area contributed by atoms with Gasteiger partial charge in [0.05, 0.1) is 42.8 Å². The summed E-state index contributed by atoms with van der Waals surface area (Å²) in [5.74, 6) is -2.99. The van der Waals surface area contributed by atoms with E-state index in [1.165, 1.54) is 6.92 Å². The van der Waals surface area contributed by atoms with Crippen LogP contribution < -0.4 is 0 Å². The first kappa shape index (κ1) is 73.2. The number of ketones is 1. The van der Waals surface area contributed by atoms with E-state index in [-0.39, 0.29) is 279 Å². The monoisotopic (exact) mass is 1400 g/mol. The number of likely N-dealkylation sites (N-methyl/N-ethyl adjacent to an activating group) is 1. The van der Waals surface area contributed by atoms with Gasteiger partial charge in [0.1, 0.15) is 23.5 Å². The zero-order valence-electron chi connectivity index (χ0n) is 39.9. The Morgan fingerprint density at radius 3 is 2.21 bits per heavy atom. The van der Waals surface area contributed by atoms with Gasteiger partial charge in [-0.25, -0.2) is 7.29 Å². The van der Waals surface area contributed by atoms with Gasteiger partial charge in [-0.1, -0.05) is 57.3 Å². The summed E-state index contributed by atoms with van der Waals surface area (Å²) >= 11 is 0. The minimum atomic E-state index is -1.70. The van der Waals surface area contributed by atoms with Crippen molar-refractivity contribution in [1.82, 2.24) is 9.88 Å². The summed E-state index contributed by atoms with van der Waals surface area (Å²) in [5, 5.41) is 16.7. The second kappa shape index (κ2) is 34.9. The van der Waals surface area contributed by atoms with Crippen molar-refractivity contribution < 1.29 is 278 Å². The largest absolute Gasteiger partial charge is 0.481 e. The number of carbonyl (C=O) groups excluding carboxylic acids is 2. The molecule has 0 unspecified atom stereocenters. The molecule has 20 heteroatoms. The topological polar surface area (TPSA) is 147 Å². The third-order valence-electron chi connectivity index (χ3n) is 11.5. The van der Waals surface area contributed by atoms with Gasteiger partial charge >= 0.3 is 0 Å². The molecule has 4 heterocycles. The smallest absolute Gasteiger partial charge is 0.186 e. The molecule has 12 atom stereocenters. The second-order valence-corrected chi connectivity index (χ2v) is 16.0. The van der Waals surface area contributed by atoms with Crippen molar-refractivity contribution in [3.63, 3.8) is 0 Å². The number of ether oxygens (including phenoxy) is 6. The molecular weight excluding hydrogens is 1330 g/mol. The van der Waals surface area contributed by atoms with E-state index < -0.39 is 65.5 Å². The molecule has 0 spiro atoms. The maximum atomic E-state index is 14.4. The number of hydrogen-bond donors (Lipinski definition) is 1. The van der Waals surface area contributed by atoms with E-state index in [1.807, 2.05) is 47.9 Å². The van der Waals surface area contributed by atoms with Crippen LogP contribution in [0.2, 0.25) is 0 Å². The molecule has 333 valence electrons. The molecule has 3 fully saturated rings. The van der Waals surface area contributed by atoms with Crippen molar-refractivity contribution in [2.24, 2.45) is 22.9 Å². The normalized spacial score (nSPS) is 33.6. The third kappa shape index (κ3) is 19.9. The van der Waals surface area contributed by atoms with E-state index in [2.05, 4.69) is 35.9 Å². The Morgan fingerprint density at radius 1 is 1.06 bits per heavy atom. The Kier molecular flexibility index (Phi) is 41.3. The summed E-state index contributed by atoms with van der Waals surface area (Å²) < 4.78 is 44.3. The molecule has 0 aliphatic carbocycles. The van der Waals surface area contributed by atoms with Gasteiger partial charge in [-0.2, -0.15) is 25.5 Å². The molecule has 0 aromatic carbocycles. The van der Waals surface area contributed by atoms with Crippen molar-refractivity contribution >= 4 is 17.5 Å². The summed E-state index contributed by atoms with van der Waals surface area (Å²) in [4.78, 5) is 40.4. The number of cyclic esters (lactones) is 1. The first-order valence-electron chi connectivity index (χ1n) is 19.7. The van der Waals surface area contributed by atoms with Crippen LogP contribution in [0.3, 0.4) is 0 Å². The summed E-state index contributed by atoms with van der Waals surface area (Å²) in [6, 6.07) is 3.60. The Labute approximate surface area is 550 Å². The van der Waals surface area contributed by atoms with Crippen molar-refractivity contribution in [1.29, 1.82) is 0 Å². The third-order valence-corrected chi connectivity index (χ3v) is 11.5. The molecular formula is C42H66N3O10Y7-3. The van der Waals surface area contributed by atoms with Gasteiger partial charge < -0.3 is 60.4 Å². The van der Waals surface area contributed by atoms with Gasteiger partial charge in [0, 0.05) is 260 Å². The predicted octanol–water partition coefficient (Wildman–Crippen LogP) is 5.31. The SMILES string of the molecule is C=C1[C@H](C)C[C@@]2(C)OCC(=NOCc3ccc([CH2-])cn3)CO[C@H]([C@H]1C)[C@](C)(O)[C@@H](CC)OC(=O)[C-](C)C(=O)[C@H](C)[C@H]2O[C@@H]1O[C@H](C)C[C@H](N(C)C)[C@H]1OC.[3H][CH2-].[Y].[Y].[Y].[Y].[Y].[Y].[Y]. The summed E-state index contributed by atoms with van der Waals surface area (Å²) in [7, 11) is 8.09. The fourth-order valence-electron chi connectivity index (χ4n) is 8.15. The number of carbonyl (C=O) groups is 2. The zero-order valence-corrected chi connectivity index (χ0v) is 58.7. The van der Waals surface area contributed by atoms with E-state index in [1.54, 1.807) is 40.1 Å². The maximum absolute atomic E-state index is 14.4. The number of pyridine rings is 1. The van der Waals surface area contributed by atoms with Crippen molar-refractivity contribution in [3.8, 4) is 0 Å². The van der Waals surface area contributed by atoms with Crippen LogP contribution in [0, 0.1) is 38.0 Å². The number of aliphatic hydroxyl groups is 1. The number of methoxy groups -OCH3 is 1. The van der Waals surface area contributed by atoms with Crippen LogP contribution in [0.25, 0.3) is 0 Å². The van der Waals surface area contributed by atoms with Crippen LogP contribution in [-0.2, 0) is 278 Å². The van der Waals surface area contributed by atoms with Crippen LogP contribution in [0.1, 0.15) is 87.3 Å². The summed E-state index contributed by atoms with van der Waals surface area (Å²) in [6.07, 6.45) is -1.49. The van der Waals surface area contributed by atoms with Gasteiger partial charge in [-0.15, -0.1) is 0 Å². The number of fused-ring (bicyclic) bond motifs is 5. The molecule has 1 aromatic rings. The molecule has 3 saturated heterocycles. The van der Waals surface area contributed by atoms with Gasteiger partial charge in [-0.3, -0.25) is 4.79 Å². The Balaban J connectivity index is -0.00000123. The number of esters is 1. The van der Waals surface area contributed by atoms with Gasteiger partial charge in [0.25, 0.3) is 0 Å². The molecule has 1 N–H and O–H groups in total. The number of nitrogens with zero attached hydrogens (tertiary/aromatic N) is 3. The molecule has 7 radical (unpaired) electrons. The van der Waals surface area contributed by atoms with Crippen molar-refractivity contribution in [2.45, 2.75) is 135 Å². The van der Waals surface area contributed by atoms with Crippen LogP contribution in [0.5, 0.6) is 0 Å². The quantitative estimate of drug-likeness (QED) is 0.156. The molecule has 2 bridgehead atoms. The average Bonchev–Trinajstić information content (AvgIpc) is 3.18. The van der Waals surface area contributed by atoms with Gasteiger partial charge in [0.15, 0.2) is 18.9 Å². The van der Waals surface area contributed by atoms with Crippen LogP contribution >= 0.6 is 0 Å². The average molecular weight is 1400 g/mol. The Bertz CT molecular complexity index is 1510. The van der Waals surface area contributed by atoms with E-state index in [4.69, 9.17) is 34.6 Å². The van der Waals surface area contributed by atoms with Crippen LogP contribution in [0.4, 0.5) is 0 Å². The molecule has 1 aromatic heterocycles. The molecule has 0 saturated carbocycles. The fourth-order valence-corrected chi connectivity index (χ4v) is 8.15. The van der Waals surface area contributed by atoms with E-state index in [0.717, 1.165) is 11.1 Å². The molecule has 13 nitrogen and oxygen atoms in total. The zero-order chi connectivity index (χ0) is 42.1. The summed E-state index contributed by atoms with van der Waals surface area (Å²) in [5.41, 5.74) is -0.310. The van der Waals surface area contributed by atoms with Crippen molar-refractivity contribution in [2.75, 3.05) is 34.4 Å². The Morgan fingerprint density at radius 2 is 1.68 bits per heavy atom. The molecule has 62 heavy (non-hydrogen) atoms. The van der Waals surface area contributed by atoms with E-state index in [0.29, 0.717) is 24.2 Å². The second-order valence-electron chi connectivity index (χ2n) is 16.0. The minimum Gasteiger partial charge on any atom is -0.481 e.